The second-order valence-corrected chi connectivity index (χ2v) is 4.98. The van der Waals surface area contributed by atoms with Gasteiger partial charge in [-0.3, -0.25) is 14.3 Å². The fourth-order valence-electron chi connectivity index (χ4n) is 1.35. The Morgan fingerprint density at radius 3 is 2.75 bits per heavy atom. The summed E-state index contributed by atoms with van der Waals surface area (Å²) in [7, 11) is -0.896. The van der Waals surface area contributed by atoms with Crippen molar-refractivity contribution < 1.29 is 9.13 Å². The molecule has 1 rings (SSSR count). The van der Waals surface area contributed by atoms with Crippen LogP contribution in [0, 0.1) is 17.0 Å². The quantitative estimate of drug-likeness (QED) is 0.630. The SMILES string of the molecule is Cc1cccc([N+](=O)[O-])c1NCCS(C)=O. The van der Waals surface area contributed by atoms with Gasteiger partial charge in [0.15, 0.2) is 0 Å². The number of nitro benzene ring substituents is 1. The highest BCUT2D eigenvalue weighted by atomic mass is 32.2. The van der Waals surface area contributed by atoms with Gasteiger partial charge >= 0.3 is 0 Å². The molecule has 1 N–H and O–H groups in total. The Kier molecular flexibility index (Phi) is 4.42. The van der Waals surface area contributed by atoms with E-state index in [0.29, 0.717) is 18.0 Å². The standard InChI is InChI=1S/C10H14N2O3S/c1-8-4-3-5-9(12(13)14)10(8)11-6-7-16(2)15/h3-5,11H,6-7H2,1-2H3. The zero-order valence-corrected chi connectivity index (χ0v) is 10.0. The van der Waals surface area contributed by atoms with Gasteiger partial charge in [0.25, 0.3) is 5.69 Å². The number of nitrogens with zero attached hydrogens (tertiary/aromatic N) is 1. The van der Waals surface area contributed by atoms with Crippen LogP contribution in [0.3, 0.4) is 0 Å². The largest absolute Gasteiger partial charge is 0.378 e. The van der Waals surface area contributed by atoms with Crippen LogP contribution in [0.15, 0.2) is 18.2 Å². The first kappa shape index (κ1) is 12.6. The summed E-state index contributed by atoms with van der Waals surface area (Å²) in [6, 6.07) is 4.91. The predicted molar refractivity (Wildman–Crippen MR) is 65.3 cm³/mol. The van der Waals surface area contributed by atoms with E-state index in [1.807, 2.05) is 0 Å². The molecule has 0 radical (unpaired) electrons. The van der Waals surface area contributed by atoms with E-state index in [1.54, 1.807) is 25.3 Å². The van der Waals surface area contributed by atoms with Crippen LogP contribution < -0.4 is 5.32 Å². The van der Waals surface area contributed by atoms with Gasteiger partial charge in [0.05, 0.1) is 4.92 Å². The van der Waals surface area contributed by atoms with Crippen molar-refractivity contribution in [3.63, 3.8) is 0 Å². The van der Waals surface area contributed by atoms with E-state index in [2.05, 4.69) is 5.32 Å². The normalized spacial score (nSPS) is 12.1. The third-order valence-corrected chi connectivity index (χ3v) is 2.92. The average Bonchev–Trinajstić information content (AvgIpc) is 2.19. The van der Waals surface area contributed by atoms with Crippen molar-refractivity contribution in [3.8, 4) is 0 Å². The van der Waals surface area contributed by atoms with Crippen LogP contribution in [0.2, 0.25) is 0 Å². The maximum Gasteiger partial charge on any atom is 0.292 e. The highest BCUT2D eigenvalue weighted by molar-refractivity contribution is 7.84. The van der Waals surface area contributed by atoms with Gasteiger partial charge in [-0.2, -0.15) is 0 Å². The molecule has 0 aromatic heterocycles. The van der Waals surface area contributed by atoms with Crippen molar-refractivity contribution in [2.24, 2.45) is 0 Å². The highest BCUT2D eigenvalue weighted by Crippen LogP contribution is 2.27. The van der Waals surface area contributed by atoms with E-state index in [9.17, 15) is 14.3 Å². The van der Waals surface area contributed by atoms with Crippen molar-refractivity contribution in [1.82, 2.24) is 0 Å². The van der Waals surface area contributed by atoms with E-state index >= 15 is 0 Å². The minimum atomic E-state index is -0.896. The third kappa shape index (κ3) is 3.30. The number of rotatable bonds is 5. The molecule has 16 heavy (non-hydrogen) atoms. The Labute approximate surface area is 96.5 Å². The van der Waals surface area contributed by atoms with E-state index in [4.69, 9.17) is 0 Å². The molecule has 0 spiro atoms. The lowest BCUT2D eigenvalue weighted by Crippen LogP contribution is -2.11. The molecular formula is C10H14N2O3S. The van der Waals surface area contributed by atoms with E-state index in [-0.39, 0.29) is 5.69 Å². The Hall–Kier alpha value is -1.43. The lowest BCUT2D eigenvalue weighted by molar-refractivity contribution is -0.384. The van der Waals surface area contributed by atoms with Crippen molar-refractivity contribution in [2.45, 2.75) is 6.92 Å². The van der Waals surface area contributed by atoms with E-state index in [0.717, 1.165) is 5.56 Å². The minimum absolute atomic E-state index is 0.0573. The third-order valence-electron chi connectivity index (χ3n) is 2.14. The molecule has 0 aliphatic carbocycles. The summed E-state index contributed by atoms with van der Waals surface area (Å²) in [5.41, 5.74) is 1.39. The van der Waals surface area contributed by atoms with Gasteiger partial charge in [-0.25, -0.2) is 0 Å². The molecule has 88 valence electrons. The molecule has 5 nitrogen and oxygen atoms in total. The minimum Gasteiger partial charge on any atom is -0.378 e. The molecule has 1 aromatic carbocycles. The first-order valence-electron chi connectivity index (χ1n) is 4.80. The van der Waals surface area contributed by atoms with Crippen LogP contribution in [-0.2, 0) is 10.8 Å². The van der Waals surface area contributed by atoms with Gasteiger partial charge in [-0.1, -0.05) is 12.1 Å². The number of para-hydroxylation sites is 1. The second kappa shape index (κ2) is 5.60. The Morgan fingerprint density at radius 2 is 2.19 bits per heavy atom. The number of anilines is 1. The summed E-state index contributed by atoms with van der Waals surface area (Å²) in [6.45, 7) is 2.27. The van der Waals surface area contributed by atoms with Crippen LogP contribution in [0.25, 0.3) is 0 Å². The number of nitro groups is 1. The van der Waals surface area contributed by atoms with Crippen LogP contribution >= 0.6 is 0 Å². The predicted octanol–water partition coefficient (Wildman–Crippen LogP) is 1.69. The zero-order chi connectivity index (χ0) is 12.1. The molecule has 0 aliphatic heterocycles. The summed E-state index contributed by atoms with van der Waals surface area (Å²) < 4.78 is 10.9. The number of nitrogens with one attached hydrogen (secondary N) is 1. The molecule has 0 bridgehead atoms. The van der Waals surface area contributed by atoms with E-state index in [1.165, 1.54) is 6.07 Å². The first-order valence-corrected chi connectivity index (χ1v) is 6.53. The fraction of sp³-hybridized carbons (Fsp3) is 0.400. The summed E-state index contributed by atoms with van der Waals surface area (Å²) in [6.07, 6.45) is 1.61. The molecule has 6 heteroatoms. The lowest BCUT2D eigenvalue weighted by atomic mass is 10.1. The molecule has 0 amide bonds. The van der Waals surface area contributed by atoms with Crippen molar-refractivity contribution in [1.29, 1.82) is 0 Å². The molecule has 1 aromatic rings. The summed E-state index contributed by atoms with van der Waals surface area (Å²) in [4.78, 5) is 10.4. The van der Waals surface area contributed by atoms with Gasteiger partial charge in [0.1, 0.15) is 5.69 Å². The number of aryl methyl sites for hydroxylation is 1. The summed E-state index contributed by atoms with van der Waals surface area (Å²) >= 11 is 0. The van der Waals surface area contributed by atoms with Gasteiger partial charge in [-0.05, 0) is 12.5 Å². The Morgan fingerprint density at radius 1 is 1.50 bits per heavy atom. The number of benzene rings is 1. The maximum atomic E-state index is 10.9. The average molecular weight is 242 g/mol. The molecule has 0 heterocycles. The van der Waals surface area contributed by atoms with Crippen molar-refractivity contribution in [2.75, 3.05) is 23.9 Å². The van der Waals surface area contributed by atoms with Crippen molar-refractivity contribution in [3.05, 3.63) is 33.9 Å². The number of hydrogen-bond donors (Lipinski definition) is 1. The molecule has 0 saturated carbocycles. The summed E-state index contributed by atoms with van der Waals surface area (Å²) in [5.74, 6) is 0.478. The zero-order valence-electron chi connectivity index (χ0n) is 9.23. The van der Waals surface area contributed by atoms with Crippen LogP contribution in [0.5, 0.6) is 0 Å². The van der Waals surface area contributed by atoms with E-state index < -0.39 is 15.7 Å². The molecular weight excluding hydrogens is 228 g/mol. The Bertz CT molecular complexity index is 421. The second-order valence-electron chi connectivity index (χ2n) is 3.43. The first-order chi connectivity index (χ1) is 7.52. The molecule has 0 aliphatic rings. The molecule has 0 fully saturated rings. The van der Waals surface area contributed by atoms with Gasteiger partial charge in [0, 0.05) is 35.4 Å². The summed E-state index contributed by atoms with van der Waals surface area (Å²) in [5, 5.41) is 13.7. The van der Waals surface area contributed by atoms with Crippen LogP contribution in [0.1, 0.15) is 5.56 Å². The Balaban J connectivity index is 2.84. The van der Waals surface area contributed by atoms with Gasteiger partial charge in [0.2, 0.25) is 0 Å². The van der Waals surface area contributed by atoms with Crippen molar-refractivity contribution >= 4 is 22.2 Å². The highest BCUT2D eigenvalue weighted by Gasteiger charge is 2.14. The van der Waals surface area contributed by atoms with Crippen LogP contribution in [-0.4, -0.2) is 27.7 Å². The fourth-order valence-corrected chi connectivity index (χ4v) is 1.74. The molecule has 1 unspecified atom stereocenters. The smallest absolute Gasteiger partial charge is 0.292 e. The maximum absolute atomic E-state index is 10.9. The lowest BCUT2D eigenvalue weighted by Gasteiger charge is -2.08. The molecule has 0 saturated heterocycles. The van der Waals surface area contributed by atoms with Gasteiger partial charge < -0.3 is 5.32 Å². The monoisotopic (exact) mass is 242 g/mol. The molecule has 1 atom stereocenters. The number of hydrogen-bond acceptors (Lipinski definition) is 4. The van der Waals surface area contributed by atoms with Crippen LogP contribution in [0.4, 0.5) is 11.4 Å². The van der Waals surface area contributed by atoms with Gasteiger partial charge in [-0.15, -0.1) is 0 Å². The topological polar surface area (TPSA) is 72.2 Å².